The molecule has 0 saturated carbocycles. The molecule has 0 unspecified atom stereocenters. The molecular formula is C14H17N3O2. The summed E-state index contributed by atoms with van der Waals surface area (Å²) in [5, 5.41) is 16.0. The summed E-state index contributed by atoms with van der Waals surface area (Å²) < 4.78 is 1.67. The van der Waals surface area contributed by atoms with Crippen molar-refractivity contribution in [2.45, 2.75) is 26.5 Å². The van der Waals surface area contributed by atoms with E-state index in [1.165, 1.54) is 0 Å². The molecule has 1 aromatic carbocycles. The maximum Gasteiger partial charge on any atom is 0.273 e. The molecule has 0 spiro atoms. The number of rotatable bonds is 4. The van der Waals surface area contributed by atoms with Crippen LogP contribution in [0.5, 0.6) is 0 Å². The van der Waals surface area contributed by atoms with E-state index in [4.69, 9.17) is 5.11 Å². The van der Waals surface area contributed by atoms with Crippen LogP contribution in [0.1, 0.15) is 35.9 Å². The zero-order valence-corrected chi connectivity index (χ0v) is 11.0. The van der Waals surface area contributed by atoms with Crippen LogP contribution in [0.3, 0.4) is 0 Å². The van der Waals surface area contributed by atoms with E-state index in [0.29, 0.717) is 11.4 Å². The van der Waals surface area contributed by atoms with Gasteiger partial charge in [0.15, 0.2) is 0 Å². The lowest BCUT2D eigenvalue weighted by Crippen LogP contribution is -2.19. The first kappa shape index (κ1) is 13.3. The fraction of sp³-hybridized carbons (Fsp3) is 0.286. The molecule has 2 aromatic rings. The number of aliphatic hydroxyl groups is 1. The molecule has 0 bridgehead atoms. The van der Waals surface area contributed by atoms with Crippen LogP contribution in [-0.4, -0.2) is 20.8 Å². The summed E-state index contributed by atoms with van der Waals surface area (Å²) in [4.78, 5) is 12.2. The molecule has 5 heteroatoms. The van der Waals surface area contributed by atoms with Crippen molar-refractivity contribution in [3.8, 4) is 0 Å². The predicted molar refractivity (Wildman–Crippen MR) is 72.9 cm³/mol. The molecule has 1 heterocycles. The first-order chi connectivity index (χ1) is 9.11. The average molecular weight is 259 g/mol. The molecule has 0 aliphatic rings. The summed E-state index contributed by atoms with van der Waals surface area (Å²) in [6.07, 6.45) is 1.61. The summed E-state index contributed by atoms with van der Waals surface area (Å²) in [7, 11) is 0. The second-order valence-corrected chi connectivity index (χ2v) is 4.57. The second kappa shape index (κ2) is 5.67. The Labute approximate surface area is 111 Å². The zero-order valence-electron chi connectivity index (χ0n) is 11.0. The zero-order chi connectivity index (χ0) is 13.8. The van der Waals surface area contributed by atoms with Gasteiger partial charge in [-0.3, -0.25) is 9.48 Å². The summed E-state index contributed by atoms with van der Waals surface area (Å²) >= 11 is 0. The first-order valence-electron chi connectivity index (χ1n) is 6.16. The lowest BCUT2D eigenvalue weighted by molar-refractivity contribution is 0.101. The van der Waals surface area contributed by atoms with E-state index in [1.54, 1.807) is 41.2 Å². The van der Waals surface area contributed by atoms with Crippen molar-refractivity contribution < 1.29 is 9.90 Å². The molecule has 0 aliphatic carbocycles. The van der Waals surface area contributed by atoms with Crippen molar-refractivity contribution in [2.24, 2.45) is 0 Å². The van der Waals surface area contributed by atoms with Crippen LogP contribution in [0.25, 0.3) is 0 Å². The SMILES string of the molecule is CC(C)n1nccc1C(=O)Nc1cccc(CO)c1. The van der Waals surface area contributed by atoms with E-state index in [1.807, 2.05) is 13.8 Å². The molecule has 0 aliphatic heterocycles. The van der Waals surface area contributed by atoms with Gasteiger partial charge in [0.1, 0.15) is 5.69 Å². The molecule has 0 radical (unpaired) electrons. The Bertz CT molecular complexity index is 576. The quantitative estimate of drug-likeness (QED) is 0.884. The summed E-state index contributed by atoms with van der Waals surface area (Å²) in [5.74, 6) is -0.207. The number of carbonyl (C=O) groups excluding carboxylic acids is 1. The van der Waals surface area contributed by atoms with Crippen LogP contribution < -0.4 is 5.32 Å². The lowest BCUT2D eigenvalue weighted by Gasteiger charge is -2.11. The third kappa shape index (κ3) is 3.00. The van der Waals surface area contributed by atoms with Gasteiger partial charge < -0.3 is 10.4 Å². The van der Waals surface area contributed by atoms with Crippen LogP contribution in [0.4, 0.5) is 5.69 Å². The van der Waals surface area contributed by atoms with Gasteiger partial charge in [0, 0.05) is 17.9 Å². The Morgan fingerprint density at radius 3 is 2.89 bits per heavy atom. The van der Waals surface area contributed by atoms with Gasteiger partial charge in [0.05, 0.1) is 6.61 Å². The molecule has 2 rings (SSSR count). The van der Waals surface area contributed by atoms with Crippen molar-refractivity contribution in [1.82, 2.24) is 9.78 Å². The molecule has 0 atom stereocenters. The van der Waals surface area contributed by atoms with E-state index < -0.39 is 0 Å². The number of hydrogen-bond acceptors (Lipinski definition) is 3. The summed E-state index contributed by atoms with van der Waals surface area (Å²) in [6, 6.07) is 8.93. The smallest absolute Gasteiger partial charge is 0.273 e. The molecule has 1 amide bonds. The highest BCUT2D eigenvalue weighted by Gasteiger charge is 2.14. The Kier molecular flexibility index (Phi) is 3.97. The highest BCUT2D eigenvalue weighted by Crippen LogP contribution is 2.14. The first-order valence-corrected chi connectivity index (χ1v) is 6.16. The molecule has 5 nitrogen and oxygen atoms in total. The molecular weight excluding hydrogens is 242 g/mol. The minimum absolute atomic E-state index is 0.0480. The number of carbonyl (C=O) groups is 1. The van der Waals surface area contributed by atoms with Crippen LogP contribution in [0, 0.1) is 0 Å². The Balaban J connectivity index is 2.18. The van der Waals surface area contributed by atoms with Crippen molar-refractivity contribution in [3.05, 3.63) is 47.8 Å². The highest BCUT2D eigenvalue weighted by atomic mass is 16.3. The van der Waals surface area contributed by atoms with Crippen LogP contribution in [0.2, 0.25) is 0 Å². The Morgan fingerprint density at radius 2 is 2.21 bits per heavy atom. The standard InChI is InChI=1S/C14H17N3O2/c1-10(2)17-13(6-7-15-17)14(19)16-12-5-3-4-11(8-12)9-18/h3-8,10,18H,9H2,1-2H3,(H,16,19). The maximum absolute atomic E-state index is 12.2. The summed E-state index contributed by atoms with van der Waals surface area (Å²) in [6.45, 7) is 3.89. The van der Waals surface area contributed by atoms with Gasteiger partial charge in [-0.05, 0) is 37.6 Å². The predicted octanol–water partition coefficient (Wildman–Crippen LogP) is 2.21. The van der Waals surface area contributed by atoms with Crippen LogP contribution >= 0.6 is 0 Å². The fourth-order valence-electron chi connectivity index (χ4n) is 1.85. The molecule has 0 fully saturated rings. The van der Waals surface area contributed by atoms with Gasteiger partial charge in [-0.15, -0.1) is 0 Å². The van der Waals surface area contributed by atoms with E-state index in [9.17, 15) is 4.79 Å². The van der Waals surface area contributed by atoms with Crippen molar-refractivity contribution in [1.29, 1.82) is 0 Å². The number of benzene rings is 1. The number of nitrogens with one attached hydrogen (secondary N) is 1. The topological polar surface area (TPSA) is 67.2 Å². The maximum atomic E-state index is 12.2. The van der Waals surface area contributed by atoms with E-state index >= 15 is 0 Å². The third-order valence-corrected chi connectivity index (χ3v) is 2.76. The molecule has 1 aromatic heterocycles. The van der Waals surface area contributed by atoms with Gasteiger partial charge in [-0.1, -0.05) is 12.1 Å². The highest BCUT2D eigenvalue weighted by molar-refractivity contribution is 6.03. The fourth-order valence-corrected chi connectivity index (χ4v) is 1.85. The Hall–Kier alpha value is -2.14. The number of anilines is 1. The van der Waals surface area contributed by atoms with E-state index in [-0.39, 0.29) is 18.6 Å². The lowest BCUT2D eigenvalue weighted by atomic mass is 10.2. The second-order valence-electron chi connectivity index (χ2n) is 4.57. The normalized spacial score (nSPS) is 10.7. The van der Waals surface area contributed by atoms with Gasteiger partial charge in [0.25, 0.3) is 5.91 Å². The molecule has 0 saturated heterocycles. The van der Waals surface area contributed by atoms with Crippen molar-refractivity contribution in [3.63, 3.8) is 0 Å². The van der Waals surface area contributed by atoms with Crippen LogP contribution in [-0.2, 0) is 6.61 Å². The number of hydrogen-bond donors (Lipinski definition) is 2. The largest absolute Gasteiger partial charge is 0.392 e. The number of nitrogens with zero attached hydrogens (tertiary/aromatic N) is 2. The minimum Gasteiger partial charge on any atom is -0.392 e. The number of aliphatic hydroxyl groups excluding tert-OH is 1. The third-order valence-electron chi connectivity index (χ3n) is 2.76. The molecule has 19 heavy (non-hydrogen) atoms. The summed E-state index contributed by atoms with van der Waals surface area (Å²) in [5.41, 5.74) is 1.94. The van der Waals surface area contributed by atoms with Gasteiger partial charge >= 0.3 is 0 Å². The van der Waals surface area contributed by atoms with Crippen molar-refractivity contribution >= 4 is 11.6 Å². The van der Waals surface area contributed by atoms with Crippen molar-refractivity contribution in [2.75, 3.05) is 5.32 Å². The number of amides is 1. The van der Waals surface area contributed by atoms with Crippen LogP contribution in [0.15, 0.2) is 36.5 Å². The minimum atomic E-state index is -0.207. The monoisotopic (exact) mass is 259 g/mol. The van der Waals surface area contributed by atoms with Gasteiger partial charge in [0.2, 0.25) is 0 Å². The van der Waals surface area contributed by atoms with E-state index in [0.717, 1.165) is 5.56 Å². The molecule has 100 valence electrons. The average Bonchev–Trinajstić information content (AvgIpc) is 2.88. The molecule has 2 N–H and O–H groups in total. The van der Waals surface area contributed by atoms with E-state index in [2.05, 4.69) is 10.4 Å². The Morgan fingerprint density at radius 1 is 1.42 bits per heavy atom. The number of aromatic nitrogens is 2. The van der Waals surface area contributed by atoms with Gasteiger partial charge in [-0.25, -0.2) is 0 Å². The van der Waals surface area contributed by atoms with Gasteiger partial charge in [-0.2, -0.15) is 5.10 Å².